The largest absolute Gasteiger partial charge is 0.444 e. The molecule has 1 aromatic heterocycles. The van der Waals surface area contributed by atoms with Crippen LogP contribution in [0.5, 0.6) is 0 Å². The molecule has 0 spiro atoms. The Balaban J connectivity index is 1.18. The molecule has 2 fully saturated rings. The summed E-state index contributed by atoms with van der Waals surface area (Å²) in [5, 5.41) is 3.62. The molecule has 4 heterocycles. The van der Waals surface area contributed by atoms with E-state index in [2.05, 4.69) is 57.7 Å². The highest BCUT2D eigenvalue weighted by Crippen LogP contribution is 2.52. The number of pyridine rings is 1. The van der Waals surface area contributed by atoms with Crippen LogP contribution in [-0.2, 0) is 9.47 Å². The molecule has 2 aromatic carbocycles. The molecule has 3 aromatic rings. The summed E-state index contributed by atoms with van der Waals surface area (Å²) in [7, 11) is 0. The highest BCUT2D eigenvalue weighted by molar-refractivity contribution is 8.05. The Morgan fingerprint density at radius 2 is 1.85 bits per heavy atom. The van der Waals surface area contributed by atoms with Crippen LogP contribution in [0.15, 0.2) is 72.9 Å². The Morgan fingerprint density at radius 3 is 2.65 bits per heavy atom. The highest BCUT2D eigenvalue weighted by atomic mass is 32.2. The van der Waals surface area contributed by atoms with E-state index in [1.807, 2.05) is 20.8 Å². The maximum Gasteiger partial charge on any atom is 0.410 e. The fourth-order valence-corrected chi connectivity index (χ4v) is 7.60. The molecule has 1 amide bonds. The molecular formula is C30H34N4O4S2. The third-order valence-electron chi connectivity index (χ3n) is 7.06. The summed E-state index contributed by atoms with van der Waals surface area (Å²) in [6, 6.07) is 16.7. The number of amides is 1. The van der Waals surface area contributed by atoms with Crippen molar-refractivity contribution in [1.82, 2.24) is 9.88 Å². The lowest BCUT2D eigenvalue weighted by molar-refractivity contribution is 0.0293. The lowest BCUT2D eigenvalue weighted by Crippen LogP contribution is -2.36. The number of benzene rings is 2. The van der Waals surface area contributed by atoms with Crippen LogP contribution < -0.4 is 15.8 Å². The summed E-state index contributed by atoms with van der Waals surface area (Å²) in [4.78, 5) is 36.8. The Morgan fingerprint density at radius 1 is 1.02 bits per heavy atom. The number of ether oxygens (including phenoxy) is 2. The van der Waals surface area contributed by atoms with Gasteiger partial charge in [0.15, 0.2) is 0 Å². The molecule has 3 aliphatic rings. The van der Waals surface area contributed by atoms with Gasteiger partial charge in [-0.2, -0.15) is 0 Å². The molecule has 0 radical (unpaired) electrons. The second-order valence-electron chi connectivity index (χ2n) is 11.3. The van der Waals surface area contributed by atoms with Crippen LogP contribution in [0.4, 0.5) is 16.2 Å². The number of aromatic nitrogens is 1. The molecule has 40 heavy (non-hydrogen) atoms. The monoisotopic (exact) mass is 578 g/mol. The maximum absolute atomic E-state index is 12.6. The summed E-state index contributed by atoms with van der Waals surface area (Å²) in [6.07, 6.45) is 0.630. The van der Waals surface area contributed by atoms with E-state index in [1.54, 1.807) is 34.5 Å². The summed E-state index contributed by atoms with van der Waals surface area (Å²) in [5.41, 5.74) is 3.25. The molecule has 6 rings (SSSR count). The number of carbonyl (C=O) groups excluding carboxylic acids is 1. The maximum atomic E-state index is 12.6. The molecule has 1 atom stereocenters. The average Bonchev–Trinajstić information content (AvgIpc) is 3.39. The smallest absolute Gasteiger partial charge is 0.410 e. The van der Waals surface area contributed by atoms with Gasteiger partial charge in [-0.3, -0.25) is 4.79 Å². The molecule has 1 unspecified atom stereocenters. The zero-order valence-corrected chi connectivity index (χ0v) is 24.6. The van der Waals surface area contributed by atoms with Gasteiger partial charge in [0.05, 0.1) is 18.9 Å². The minimum Gasteiger partial charge on any atom is -0.444 e. The van der Waals surface area contributed by atoms with Gasteiger partial charge in [-0.15, -0.1) is 0 Å². The van der Waals surface area contributed by atoms with Crippen LogP contribution in [0.3, 0.4) is 0 Å². The number of fused-ring (bicyclic) bond motifs is 2. The van der Waals surface area contributed by atoms with E-state index in [-0.39, 0.29) is 17.7 Å². The van der Waals surface area contributed by atoms with Crippen LogP contribution >= 0.6 is 23.5 Å². The number of anilines is 2. The first-order valence-corrected chi connectivity index (χ1v) is 15.3. The molecule has 2 saturated heterocycles. The third-order valence-corrected chi connectivity index (χ3v) is 9.66. The van der Waals surface area contributed by atoms with Crippen molar-refractivity contribution in [2.75, 3.05) is 49.6 Å². The standard InChI is InChI=1S/C30H34N4O4S2/c1-30(2,3)38-29(36)34-10-9-20(18-34)31-19-7-8-24-26(15-19)39-25-6-4-5-22(28(25)40-24)23-16-21(17-27(35)32-23)33-11-13-37-14-12-33/h4-8,15-17,20,31H,9-14,18H2,1-3H3,(H,32,35). The average molecular weight is 579 g/mol. The van der Waals surface area contributed by atoms with E-state index in [4.69, 9.17) is 9.47 Å². The van der Waals surface area contributed by atoms with Gasteiger partial charge in [-0.1, -0.05) is 35.7 Å². The number of hydrogen-bond acceptors (Lipinski definition) is 8. The predicted octanol–water partition coefficient (Wildman–Crippen LogP) is 5.92. The summed E-state index contributed by atoms with van der Waals surface area (Å²) < 4.78 is 11.0. The quantitative estimate of drug-likeness (QED) is 0.309. The number of likely N-dealkylation sites (tertiary alicyclic amines) is 1. The number of nitrogens with one attached hydrogen (secondary N) is 2. The van der Waals surface area contributed by atoms with Crippen LogP contribution in [0.25, 0.3) is 11.3 Å². The summed E-state index contributed by atoms with van der Waals surface area (Å²) in [5.74, 6) is 0. The number of rotatable bonds is 4. The van der Waals surface area contributed by atoms with E-state index < -0.39 is 5.60 Å². The van der Waals surface area contributed by atoms with E-state index >= 15 is 0 Å². The summed E-state index contributed by atoms with van der Waals surface area (Å²) in [6.45, 7) is 9.90. The van der Waals surface area contributed by atoms with Crippen LogP contribution in [0.2, 0.25) is 0 Å². The molecule has 8 nitrogen and oxygen atoms in total. The number of nitrogens with zero attached hydrogens (tertiary/aromatic N) is 2. The normalized spacial score (nSPS) is 18.7. The second kappa shape index (κ2) is 11.1. The van der Waals surface area contributed by atoms with Crippen LogP contribution in [0, 0.1) is 0 Å². The first-order chi connectivity index (χ1) is 19.2. The van der Waals surface area contributed by atoms with Gasteiger partial charge in [-0.05, 0) is 57.5 Å². The minimum atomic E-state index is -0.493. The molecule has 10 heteroatoms. The first-order valence-electron chi connectivity index (χ1n) is 13.7. The van der Waals surface area contributed by atoms with Crippen molar-refractivity contribution in [2.45, 2.75) is 58.4 Å². The number of morpholine rings is 1. The van der Waals surface area contributed by atoms with Crippen molar-refractivity contribution in [3.05, 3.63) is 58.9 Å². The van der Waals surface area contributed by atoms with Gasteiger partial charge in [0.2, 0.25) is 5.56 Å². The zero-order chi connectivity index (χ0) is 27.9. The molecule has 0 bridgehead atoms. The Kier molecular flexibility index (Phi) is 7.50. The Labute approximate surface area is 242 Å². The van der Waals surface area contributed by atoms with Crippen molar-refractivity contribution in [2.24, 2.45) is 0 Å². The molecule has 3 aliphatic heterocycles. The molecule has 2 N–H and O–H groups in total. The zero-order valence-electron chi connectivity index (χ0n) is 23.0. The van der Waals surface area contributed by atoms with Crippen molar-refractivity contribution in [1.29, 1.82) is 0 Å². The van der Waals surface area contributed by atoms with Gasteiger partial charge < -0.3 is 29.6 Å². The van der Waals surface area contributed by atoms with Gasteiger partial charge in [0, 0.05) is 74.8 Å². The summed E-state index contributed by atoms with van der Waals surface area (Å²) >= 11 is 3.49. The van der Waals surface area contributed by atoms with Crippen molar-refractivity contribution >= 4 is 41.0 Å². The van der Waals surface area contributed by atoms with E-state index in [9.17, 15) is 9.59 Å². The minimum absolute atomic E-state index is 0.0988. The first kappa shape index (κ1) is 27.1. The topological polar surface area (TPSA) is 86.9 Å². The molecular weight excluding hydrogens is 544 g/mol. The molecule has 210 valence electrons. The highest BCUT2D eigenvalue weighted by Gasteiger charge is 2.30. The fraction of sp³-hybridized carbons (Fsp3) is 0.400. The van der Waals surface area contributed by atoms with Crippen molar-refractivity contribution in [3.63, 3.8) is 0 Å². The lowest BCUT2D eigenvalue weighted by Gasteiger charge is -2.29. The van der Waals surface area contributed by atoms with Crippen molar-refractivity contribution < 1.29 is 14.3 Å². The van der Waals surface area contributed by atoms with Gasteiger partial charge in [-0.25, -0.2) is 4.79 Å². The number of hydrogen-bond donors (Lipinski definition) is 2. The Hall–Kier alpha value is -3.08. The predicted molar refractivity (Wildman–Crippen MR) is 160 cm³/mol. The van der Waals surface area contributed by atoms with E-state index in [1.165, 1.54) is 14.7 Å². The number of aromatic amines is 1. The molecule has 0 aliphatic carbocycles. The van der Waals surface area contributed by atoms with Gasteiger partial charge >= 0.3 is 6.09 Å². The number of H-pyrrole nitrogens is 1. The SMILES string of the molecule is CC(C)(C)OC(=O)N1CCC(Nc2ccc3c(c2)Sc2cccc(-c4cc(N5CCOCC5)cc(=O)[nH]4)c2S3)C1. The van der Waals surface area contributed by atoms with E-state index in [0.29, 0.717) is 26.3 Å². The van der Waals surface area contributed by atoms with Gasteiger partial charge in [0.1, 0.15) is 5.60 Å². The number of carbonyl (C=O) groups is 1. The lowest BCUT2D eigenvalue weighted by atomic mass is 10.1. The molecule has 0 saturated carbocycles. The van der Waals surface area contributed by atoms with Gasteiger partial charge in [0.25, 0.3) is 0 Å². The Bertz CT molecular complexity index is 1480. The van der Waals surface area contributed by atoms with Crippen molar-refractivity contribution in [3.8, 4) is 11.3 Å². The second-order valence-corrected chi connectivity index (χ2v) is 13.4. The fourth-order valence-electron chi connectivity index (χ4n) is 5.19. The third kappa shape index (κ3) is 5.99. The van der Waals surface area contributed by atoms with E-state index in [0.717, 1.165) is 47.0 Å². The van der Waals surface area contributed by atoms with Crippen LogP contribution in [0.1, 0.15) is 27.2 Å². The van der Waals surface area contributed by atoms with Crippen LogP contribution in [-0.4, -0.2) is 67.0 Å².